The molecule has 3 rings (SSSR count). The van der Waals surface area contributed by atoms with Gasteiger partial charge >= 0.3 is 0 Å². The van der Waals surface area contributed by atoms with E-state index in [-0.39, 0.29) is 11.5 Å². The Labute approximate surface area is 148 Å². The van der Waals surface area contributed by atoms with Crippen molar-refractivity contribution < 1.29 is 18.4 Å². The minimum absolute atomic E-state index is 0.0186. The SMILES string of the molecule is O=C(/C=C/c1cccs1)N1CCN(C(=O)c2cc(F)cc(F)c2)CC1. The van der Waals surface area contributed by atoms with Crippen LogP contribution >= 0.6 is 11.3 Å². The first-order valence-corrected chi connectivity index (χ1v) is 8.67. The molecule has 0 radical (unpaired) electrons. The van der Waals surface area contributed by atoms with Gasteiger partial charge in [0.05, 0.1) is 0 Å². The lowest BCUT2D eigenvalue weighted by molar-refractivity contribution is -0.127. The summed E-state index contributed by atoms with van der Waals surface area (Å²) in [5, 5.41) is 1.93. The van der Waals surface area contributed by atoms with Gasteiger partial charge in [0.1, 0.15) is 11.6 Å². The minimum atomic E-state index is -0.782. The summed E-state index contributed by atoms with van der Waals surface area (Å²) < 4.78 is 26.5. The van der Waals surface area contributed by atoms with Crippen LogP contribution in [0.15, 0.2) is 41.8 Å². The third kappa shape index (κ3) is 4.30. The van der Waals surface area contributed by atoms with Crippen molar-refractivity contribution in [2.24, 2.45) is 0 Å². The first-order chi connectivity index (χ1) is 12.0. The highest BCUT2D eigenvalue weighted by Crippen LogP contribution is 2.14. The summed E-state index contributed by atoms with van der Waals surface area (Å²) in [5.74, 6) is -2.11. The number of hydrogen-bond acceptors (Lipinski definition) is 3. The van der Waals surface area contributed by atoms with Gasteiger partial charge in [0.2, 0.25) is 5.91 Å². The van der Waals surface area contributed by atoms with Crippen LogP contribution in [-0.4, -0.2) is 47.8 Å². The Morgan fingerprint density at radius 3 is 2.24 bits per heavy atom. The number of rotatable bonds is 3. The molecule has 1 aliphatic heterocycles. The largest absolute Gasteiger partial charge is 0.336 e. The van der Waals surface area contributed by atoms with Crippen molar-refractivity contribution in [3.8, 4) is 0 Å². The molecule has 0 atom stereocenters. The fourth-order valence-electron chi connectivity index (χ4n) is 2.63. The highest BCUT2D eigenvalue weighted by Gasteiger charge is 2.24. The Balaban J connectivity index is 1.57. The Morgan fingerprint density at radius 1 is 1.00 bits per heavy atom. The molecule has 0 unspecified atom stereocenters. The normalized spacial score (nSPS) is 15.0. The number of benzene rings is 1. The molecule has 1 aromatic carbocycles. The standard InChI is InChI=1S/C18H16F2N2O2S/c19-14-10-13(11-15(20)12-14)18(24)22-7-5-21(6-8-22)17(23)4-3-16-2-1-9-25-16/h1-4,9-12H,5-8H2/b4-3+. The van der Waals surface area contributed by atoms with Gasteiger partial charge in [-0.25, -0.2) is 8.78 Å². The third-order valence-electron chi connectivity index (χ3n) is 3.92. The van der Waals surface area contributed by atoms with E-state index in [1.807, 2.05) is 17.5 Å². The van der Waals surface area contributed by atoms with E-state index in [4.69, 9.17) is 0 Å². The summed E-state index contributed by atoms with van der Waals surface area (Å²) in [6, 6.07) is 6.60. The molecule has 0 N–H and O–H groups in total. The predicted octanol–water partition coefficient (Wildman–Crippen LogP) is 3.02. The number of carbonyl (C=O) groups is 2. The number of thiophene rings is 1. The number of halogens is 2. The molecule has 1 aromatic heterocycles. The highest BCUT2D eigenvalue weighted by molar-refractivity contribution is 7.10. The smallest absolute Gasteiger partial charge is 0.254 e. The lowest BCUT2D eigenvalue weighted by atomic mass is 10.1. The lowest BCUT2D eigenvalue weighted by Crippen LogP contribution is -2.50. The zero-order chi connectivity index (χ0) is 17.8. The van der Waals surface area contributed by atoms with Crippen LogP contribution in [0, 0.1) is 11.6 Å². The van der Waals surface area contributed by atoms with Crippen LogP contribution in [0.2, 0.25) is 0 Å². The molecule has 0 saturated carbocycles. The molecule has 2 aromatic rings. The first kappa shape index (κ1) is 17.3. The van der Waals surface area contributed by atoms with Crippen molar-refractivity contribution in [2.45, 2.75) is 0 Å². The van der Waals surface area contributed by atoms with Gasteiger partial charge in [-0.15, -0.1) is 11.3 Å². The molecule has 7 heteroatoms. The maximum atomic E-state index is 13.3. The number of piperazine rings is 1. The molecular formula is C18H16F2N2O2S. The van der Waals surface area contributed by atoms with Gasteiger partial charge in [0.15, 0.2) is 0 Å². The second-order valence-corrected chi connectivity index (χ2v) is 6.60. The van der Waals surface area contributed by atoms with Gasteiger partial charge in [-0.1, -0.05) is 6.07 Å². The van der Waals surface area contributed by atoms with E-state index in [0.717, 1.165) is 23.1 Å². The van der Waals surface area contributed by atoms with Gasteiger partial charge in [-0.3, -0.25) is 9.59 Å². The Morgan fingerprint density at radius 2 is 1.64 bits per heavy atom. The maximum Gasteiger partial charge on any atom is 0.254 e. The monoisotopic (exact) mass is 362 g/mol. The molecule has 130 valence electrons. The van der Waals surface area contributed by atoms with E-state index in [0.29, 0.717) is 26.2 Å². The Kier molecular flexibility index (Phi) is 5.23. The quantitative estimate of drug-likeness (QED) is 0.788. The average Bonchev–Trinajstić information content (AvgIpc) is 3.12. The number of hydrogen-bond donors (Lipinski definition) is 0. The Bertz CT molecular complexity index is 777. The molecule has 0 spiro atoms. The fraction of sp³-hybridized carbons (Fsp3) is 0.222. The van der Waals surface area contributed by atoms with Gasteiger partial charge in [0.25, 0.3) is 5.91 Å². The van der Waals surface area contributed by atoms with E-state index in [1.54, 1.807) is 22.3 Å². The molecule has 1 fully saturated rings. The summed E-state index contributed by atoms with van der Waals surface area (Å²) in [7, 11) is 0. The van der Waals surface area contributed by atoms with Gasteiger partial charge in [-0.2, -0.15) is 0 Å². The van der Waals surface area contributed by atoms with Crippen molar-refractivity contribution >= 4 is 29.2 Å². The second-order valence-electron chi connectivity index (χ2n) is 5.62. The van der Waals surface area contributed by atoms with E-state index < -0.39 is 17.5 Å². The van der Waals surface area contributed by atoms with E-state index in [1.165, 1.54) is 11.0 Å². The summed E-state index contributed by atoms with van der Waals surface area (Å²) in [6.45, 7) is 1.43. The maximum absolute atomic E-state index is 13.3. The van der Waals surface area contributed by atoms with E-state index >= 15 is 0 Å². The summed E-state index contributed by atoms with van der Waals surface area (Å²) in [6.07, 6.45) is 3.28. The molecular weight excluding hydrogens is 346 g/mol. The van der Waals surface area contributed by atoms with Crippen molar-refractivity contribution in [1.82, 2.24) is 9.80 Å². The number of amides is 2. The summed E-state index contributed by atoms with van der Waals surface area (Å²) in [4.78, 5) is 28.7. The number of carbonyl (C=O) groups excluding carboxylic acids is 2. The predicted molar refractivity (Wildman–Crippen MR) is 92.2 cm³/mol. The molecule has 2 amide bonds. The first-order valence-electron chi connectivity index (χ1n) is 7.79. The zero-order valence-electron chi connectivity index (χ0n) is 13.3. The molecule has 0 bridgehead atoms. The van der Waals surface area contributed by atoms with Crippen LogP contribution in [0.1, 0.15) is 15.2 Å². The fourth-order valence-corrected chi connectivity index (χ4v) is 3.25. The average molecular weight is 362 g/mol. The van der Waals surface area contributed by atoms with Gasteiger partial charge in [0, 0.05) is 48.8 Å². The topological polar surface area (TPSA) is 40.6 Å². The van der Waals surface area contributed by atoms with Gasteiger partial charge < -0.3 is 9.80 Å². The van der Waals surface area contributed by atoms with Crippen molar-refractivity contribution in [2.75, 3.05) is 26.2 Å². The minimum Gasteiger partial charge on any atom is -0.336 e. The van der Waals surface area contributed by atoms with Crippen molar-refractivity contribution in [1.29, 1.82) is 0 Å². The molecule has 1 aliphatic rings. The summed E-state index contributed by atoms with van der Waals surface area (Å²) in [5.41, 5.74) is -0.0186. The van der Waals surface area contributed by atoms with Crippen LogP contribution in [0.3, 0.4) is 0 Å². The Hall–Kier alpha value is -2.54. The number of nitrogens with zero attached hydrogens (tertiary/aromatic N) is 2. The second kappa shape index (κ2) is 7.57. The molecule has 2 heterocycles. The molecule has 1 saturated heterocycles. The summed E-state index contributed by atoms with van der Waals surface area (Å²) >= 11 is 1.54. The molecule has 0 aliphatic carbocycles. The zero-order valence-corrected chi connectivity index (χ0v) is 14.1. The van der Waals surface area contributed by atoms with E-state index in [2.05, 4.69) is 0 Å². The molecule has 25 heavy (non-hydrogen) atoms. The van der Waals surface area contributed by atoms with Crippen LogP contribution in [-0.2, 0) is 4.79 Å². The van der Waals surface area contributed by atoms with Crippen molar-refractivity contribution in [3.63, 3.8) is 0 Å². The van der Waals surface area contributed by atoms with Crippen LogP contribution in [0.5, 0.6) is 0 Å². The van der Waals surface area contributed by atoms with Gasteiger partial charge in [-0.05, 0) is 29.7 Å². The highest BCUT2D eigenvalue weighted by atomic mass is 32.1. The van der Waals surface area contributed by atoms with Crippen molar-refractivity contribution in [3.05, 3.63) is 63.9 Å². The van der Waals surface area contributed by atoms with E-state index in [9.17, 15) is 18.4 Å². The van der Waals surface area contributed by atoms with Crippen LogP contribution in [0.4, 0.5) is 8.78 Å². The lowest BCUT2D eigenvalue weighted by Gasteiger charge is -2.34. The van der Waals surface area contributed by atoms with Crippen LogP contribution in [0.25, 0.3) is 6.08 Å². The molecule has 4 nitrogen and oxygen atoms in total. The van der Waals surface area contributed by atoms with Crippen LogP contribution < -0.4 is 0 Å². The third-order valence-corrected chi connectivity index (χ3v) is 4.76.